The highest BCUT2D eigenvalue weighted by Gasteiger charge is 2.45. The Bertz CT molecular complexity index is 618. The van der Waals surface area contributed by atoms with E-state index < -0.39 is 17.4 Å². The van der Waals surface area contributed by atoms with Crippen LogP contribution in [0.1, 0.15) is 37.8 Å². The third-order valence-electron chi connectivity index (χ3n) is 4.41. The first-order valence-corrected chi connectivity index (χ1v) is 8.54. The largest absolute Gasteiger partial charge is 0.460 e. The van der Waals surface area contributed by atoms with Crippen LogP contribution in [0.25, 0.3) is 0 Å². The molecule has 0 bridgehead atoms. The molecule has 0 saturated carbocycles. The molecule has 4 heteroatoms. The summed E-state index contributed by atoms with van der Waals surface area (Å²) < 4.78 is 10.8. The van der Waals surface area contributed by atoms with Gasteiger partial charge in [0, 0.05) is 0 Å². The van der Waals surface area contributed by atoms with E-state index in [-0.39, 0.29) is 13.2 Å². The lowest BCUT2D eigenvalue weighted by atomic mass is 9.82. The summed E-state index contributed by atoms with van der Waals surface area (Å²) in [5, 5.41) is 0. The van der Waals surface area contributed by atoms with E-state index in [9.17, 15) is 9.59 Å². The summed E-state index contributed by atoms with van der Waals surface area (Å²) >= 11 is 0. The van der Waals surface area contributed by atoms with Crippen LogP contribution in [-0.4, -0.2) is 11.9 Å². The number of ether oxygens (including phenoxy) is 2. The number of carbonyl (C=O) groups excluding carboxylic acids is 2. The lowest BCUT2D eigenvalue weighted by molar-refractivity contribution is -0.175. The van der Waals surface area contributed by atoms with Crippen molar-refractivity contribution in [3.63, 3.8) is 0 Å². The minimum Gasteiger partial charge on any atom is -0.460 e. The van der Waals surface area contributed by atoms with Gasteiger partial charge in [-0.2, -0.15) is 0 Å². The molecule has 0 aromatic heterocycles. The summed E-state index contributed by atoms with van der Waals surface area (Å²) in [5.74, 6) is -1.06. The van der Waals surface area contributed by atoms with E-state index in [1.54, 1.807) is 13.8 Å². The van der Waals surface area contributed by atoms with Crippen LogP contribution < -0.4 is 0 Å². The van der Waals surface area contributed by atoms with Crippen molar-refractivity contribution in [2.45, 2.75) is 39.9 Å². The third-order valence-corrected chi connectivity index (χ3v) is 4.41. The summed E-state index contributed by atoms with van der Waals surface area (Å²) in [5.41, 5.74) is 0.507. The van der Waals surface area contributed by atoms with Gasteiger partial charge in [-0.25, -0.2) is 0 Å². The number of rotatable bonds is 8. The van der Waals surface area contributed by atoms with Crippen molar-refractivity contribution in [2.75, 3.05) is 0 Å². The van der Waals surface area contributed by atoms with Gasteiger partial charge in [0.2, 0.25) is 0 Å². The number of esters is 2. The summed E-state index contributed by atoms with van der Waals surface area (Å²) in [6.45, 7) is 3.90. The molecule has 0 N–H and O–H groups in total. The number of carbonyl (C=O) groups is 2. The van der Waals surface area contributed by atoms with Crippen molar-refractivity contribution in [1.82, 2.24) is 0 Å². The Kier molecular flexibility index (Phi) is 6.75. The first kappa shape index (κ1) is 18.7. The minimum absolute atomic E-state index is 0.146. The zero-order valence-corrected chi connectivity index (χ0v) is 14.7. The van der Waals surface area contributed by atoms with Gasteiger partial charge in [0.05, 0.1) is 0 Å². The van der Waals surface area contributed by atoms with E-state index in [2.05, 4.69) is 0 Å². The molecule has 0 aliphatic rings. The summed E-state index contributed by atoms with van der Waals surface area (Å²) in [4.78, 5) is 25.3. The van der Waals surface area contributed by atoms with E-state index in [0.29, 0.717) is 12.8 Å². The summed E-state index contributed by atoms with van der Waals surface area (Å²) in [6.07, 6.45) is 0.676. The normalized spacial score (nSPS) is 11.0. The zero-order chi connectivity index (χ0) is 18.1. The van der Waals surface area contributed by atoms with E-state index in [4.69, 9.17) is 9.47 Å². The molecule has 0 amide bonds. The van der Waals surface area contributed by atoms with Crippen LogP contribution in [0.4, 0.5) is 0 Å². The van der Waals surface area contributed by atoms with Crippen LogP contribution in [-0.2, 0) is 32.3 Å². The van der Waals surface area contributed by atoms with Gasteiger partial charge in [0.1, 0.15) is 13.2 Å². The predicted octanol–water partition coefficient (Wildman–Crippen LogP) is 4.28. The third kappa shape index (κ3) is 4.69. The number of hydrogen-bond donors (Lipinski definition) is 0. The van der Waals surface area contributed by atoms with Crippen LogP contribution in [0.5, 0.6) is 0 Å². The van der Waals surface area contributed by atoms with Gasteiger partial charge in [-0.05, 0) is 24.0 Å². The van der Waals surface area contributed by atoms with Gasteiger partial charge in [-0.1, -0.05) is 74.5 Å². The van der Waals surface area contributed by atoms with Gasteiger partial charge in [-0.3, -0.25) is 9.59 Å². The fraction of sp³-hybridized carbons (Fsp3) is 0.333. The molecule has 0 radical (unpaired) electrons. The Labute approximate surface area is 148 Å². The van der Waals surface area contributed by atoms with Gasteiger partial charge < -0.3 is 9.47 Å². The molecule has 2 aromatic carbocycles. The SMILES string of the molecule is CCC(CC)(C(=O)OCc1ccccc1)C(=O)OCc1ccccc1. The van der Waals surface area contributed by atoms with E-state index in [1.807, 2.05) is 60.7 Å². The van der Waals surface area contributed by atoms with E-state index >= 15 is 0 Å². The maximum absolute atomic E-state index is 12.6. The van der Waals surface area contributed by atoms with Gasteiger partial charge in [0.25, 0.3) is 0 Å². The molecule has 0 fully saturated rings. The molecular formula is C21H24O4. The molecule has 4 nitrogen and oxygen atoms in total. The molecule has 0 unspecified atom stereocenters. The first-order chi connectivity index (χ1) is 12.1. The number of benzene rings is 2. The second kappa shape index (κ2) is 9.02. The van der Waals surface area contributed by atoms with Crippen LogP contribution >= 0.6 is 0 Å². The zero-order valence-electron chi connectivity index (χ0n) is 14.7. The van der Waals surface area contributed by atoms with Gasteiger partial charge in [0.15, 0.2) is 5.41 Å². The van der Waals surface area contributed by atoms with Crippen molar-refractivity contribution in [1.29, 1.82) is 0 Å². The van der Waals surface area contributed by atoms with Crippen LogP contribution in [0.15, 0.2) is 60.7 Å². The Morgan fingerprint density at radius 1 is 0.720 bits per heavy atom. The van der Waals surface area contributed by atoms with E-state index in [1.165, 1.54) is 0 Å². The molecule has 0 aliphatic carbocycles. The smallest absolute Gasteiger partial charge is 0.323 e. The lowest BCUT2D eigenvalue weighted by Gasteiger charge is -2.27. The monoisotopic (exact) mass is 340 g/mol. The quantitative estimate of drug-likeness (QED) is 0.532. The Hall–Kier alpha value is -2.62. The van der Waals surface area contributed by atoms with Crippen molar-refractivity contribution in [2.24, 2.45) is 5.41 Å². The average Bonchev–Trinajstić information content (AvgIpc) is 2.67. The van der Waals surface area contributed by atoms with Crippen molar-refractivity contribution in [3.05, 3.63) is 71.8 Å². The van der Waals surface area contributed by atoms with Crippen LogP contribution in [0.2, 0.25) is 0 Å². The first-order valence-electron chi connectivity index (χ1n) is 8.54. The molecule has 0 spiro atoms. The Morgan fingerprint density at radius 2 is 1.08 bits per heavy atom. The molecule has 25 heavy (non-hydrogen) atoms. The molecule has 0 heterocycles. The highest BCUT2D eigenvalue weighted by molar-refractivity contribution is 5.99. The summed E-state index contributed by atoms with van der Waals surface area (Å²) in [7, 11) is 0. The highest BCUT2D eigenvalue weighted by Crippen LogP contribution is 2.31. The minimum atomic E-state index is -1.26. The van der Waals surface area contributed by atoms with Crippen LogP contribution in [0.3, 0.4) is 0 Å². The molecule has 0 atom stereocenters. The predicted molar refractivity (Wildman–Crippen MR) is 95.5 cm³/mol. The van der Waals surface area contributed by atoms with Crippen molar-refractivity contribution >= 4 is 11.9 Å². The molecule has 2 aromatic rings. The maximum atomic E-state index is 12.6. The molecule has 132 valence electrons. The standard InChI is InChI=1S/C21H24O4/c1-3-21(4-2,19(22)24-15-17-11-7-5-8-12-17)20(23)25-16-18-13-9-6-10-14-18/h5-14H,3-4,15-16H2,1-2H3. The van der Waals surface area contributed by atoms with E-state index in [0.717, 1.165) is 11.1 Å². The van der Waals surface area contributed by atoms with Crippen molar-refractivity contribution < 1.29 is 19.1 Å². The Morgan fingerprint density at radius 3 is 1.40 bits per heavy atom. The van der Waals surface area contributed by atoms with Gasteiger partial charge >= 0.3 is 11.9 Å². The second-order valence-corrected chi connectivity index (χ2v) is 5.91. The lowest BCUT2D eigenvalue weighted by Crippen LogP contribution is -2.41. The Balaban J connectivity index is 2.02. The highest BCUT2D eigenvalue weighted by atomic mass is 16.6. The van der Waals surface area contributed by atoms with Gasteiger partial charge in [-0.15, -0.1) is 0 Å². The molecular weight excluding hydrogens is 316 g/mol. The van der Waals surface area contributed by atoms with Crippen molar-refractivity contribution in [3.8, 4) is 0 Å². The maximum Gasteiger partial charge on any atom is 0.323 e. The molecule has 0 saturated heterocycles. The second-order valence-electron chi connectivity index (χ2n) is 5.91. The average molecular weight is 340 g/mol. The topological polar surface area (TPSA) is 52.6 Å². The number of hydrogen-bond acceptors (Lipinski definition) is 4. The molecule has 2 rings (SSSR count). The fourth-order valence-corrected chi connectivity index (χ4v) is 2.63. The molecule has 0 aliphatic heterocycles. The summed E-state index contributed by atoms with van der Waals surface area (Å²) in [6, 6.07) is 18.8. The van der Waals surface area contributed by atoms with Crippen LogP contribution in [0, 0.1) is 5.41 Å². The fourth-order valence-electron chi connectivity index (χ4n) is 2.63.